The number of amides is 1. The molecule has 0 saturated carbocycles. The quantitative estimate of drug-likeness (QED) is 0.938. The van der Waals surface area contributed by atoms with Gasteiger partial charge in [-0.25, -0.2) is 0 Å². The van der Waals surface area contributed by atoms with Crippen LogP contribution in [0.5, 0.6) is 5.75 Å². The fourth-order valence-electron chi connectivity index (χ4n) is 3.16. The fourth-order valence-corrected chi connectivity index (χ4v) is 3.16. The highest BCUT2D eigenvalue weighted by Crippen LogP contribution is 2.23. The molecule has 2 aromatic rings. The largest absolute Gasteiger partial charge is 0.508 e. The molecule has 1 N–H and O–H groups in total. The van der Waals surface area contributed by atoms with E-state index in [-0.39, 0.29) is 11.7 Å². The van der Waals surface area contributed by atoms with Gasteiger partial charge >= 0.3 is 0 Å². The predicted octanol–water partition coefficient (Wildman–Crippen LogP) is 2.95. The molecule has 0 radical (unpaired) electrons. The summed E-state index contributed by atoms with van der Waals surface area (Å²) in [6.07, 6.45) is 3.72. The molecule has 3 rings (SSSR count). The molecule has 1 fully saturated rings. The summed E-state index contributed by atoms with van der Waals surface area (Å²) in [5.41, 5.74) is 2.16. The molecule has 1 unspecified atom stereocenters. The van der Waals surface area contributed by atoms with Crippen LogP contribution in [0.3, 0.4) is 0 Å². The predicted molar refractivity (Wildman–Crippen MR) is 91.8 cm³/mol. The number of carbonyl (C=O) groups excluding carboxylic acids is 1. The van der Waals surface area contributed by atoms with Crippen molar-refractivity contribution >= 4 is 5.91 Å². The third kappa shape index (κ3) is 3.74. The second-order valence-corrected chi connectivity index (χ2v) is 6.20. The van der Waals surface area contributed by atoms with E-state index in [0.717, 1.165) is 37.2 Å². The zero-order valence-corrected chi connectivity index (χ0v) is 13.8. The van der Waals surface area contributed by atoms with E-state index in [0.29, 0.717) is 18.1 Å². The number of phenols is 1. The van der Waals surface area contributed by atoms with Crippen LogP contribution < -0.4 is 0 Å². The number of aromatic nitrogens is 1. The van der Waals surface area contributed by atoms with Crippen molar-refractivity contribution < 1.29 is 14.6 Å². The van der Waals surface area contributed by atoms with Crippen LogP contribution in [0.4, 0.5) is 0 Å². The molecule has 5 heteroatoms. The fraction of sp³-hybridized carbons (Fsp3) is 0.368. The number of hydrogen-bond donors (Lipinski definition) is 1. The number of ether oxygens (including phenoxy) is 1. The van der Waals surface area contributed by atoms with Crippen molar-refractivity contribution in [3.8, 4) is 17.0 Å². The minimum absolute atomic E-state index is 0.0192. The molecule has 2 heterocycles. The Morgan fingerprint density at radius 2 is 2.25 bits per heavy atom. The number of phenolic OH excluding ortho intramolecular Hbond substituents is 1. The Labute approximate surface area is 141 Å². The average molecular weight is 326 g/mol. The minimum atomic E-state index is 0.0192. The lowest BCUT2D eigenvalue weighted by molar-refractivity contribution is 0.0570. The zero-order valence-electron chi connectivity index (χ0n) is 13.8. The summed E-state index contributed by atoms with van der Waals surface area (Å²) in [6, 6.07) is 10.5. The van der Waals surface area contributed by atoms with Gasteiger partial charge in [0.05, 0.1) is 17.9 Å². The second-order valence-electron chi connectivity index (χ2n) is 6.20. The maximum absolute atomic E-state index is 12.7. The van der Waals surface area contributed by atoms with E-state index in [1.165, 1.54) is 0 Å². The molecule has 0 aliphatic carbocycles. The first-order chi connectivity index (χ1) is 11.7. The molecule has 5 nitrogen and oxygen atoms in total. The van der Waals surface area contributed by atoms with Gasteiger partial charge in [-0.2, -0.15) is 0 Å². The van der Waals surface area contributed by atoms with E-state index in [9.17, 15) is 9.90 Å². The van der Waals surface area contributed by atoms with E-state index in [1.807, 2.05) is 17.0 Å². The highest BCUT2D eigenvalue weighted by atomic mass is 16.5. The summed E-state index contributed by atoms with van der Waals surface area (Å²) in [7, 11) is 1.70. The molecule has 1 aromatic carbocycles. The van der Waals surface area contributed by atoms with Crippen LogP contribution in [0.15, 0.2) is 42.6 Å². The SMILES string of the molecule is COCC1CCCN(C(=O)c2ccc(-c3cccc(O)c3)nc2)C1. The molecule has 1 saturated heterocycles. The van der Waals surface area contributed by atoms with Crippen molar-refractivity contribution in [2.45, 2.75) is 12.8 Å². The lowest BCUT2D eigenvalue weighted by atomic mass is 9.98. The van der Waals surface area contributed by atoms with Crippen LogP contribution in [0, 0.1) is 5.92 Å². The van der Waals surface area contributed by atoms with Gasteiger partial charge in [-0.1, -0.05) is 12.1 Å². The molecule has 0 bridgehead atoms. The van der Waals surface area contributed by atoms with Gasteiger partial charge in [0.15, 0.2) is 0 Å². The van der Waals surface area contributed by atoms with Crippen molar-refractivity contribution in [3.63, 3.8) is 0 Å². The Bertz CT molecular complexity index is 698. The Morgan fingerprint density at radius 3 is 2.96 bits per heavy atom. The van der Waals surface area contributed by atoms with E-state index in [2.05, 4.69) is 4.98 Å². The van der Waals surface area contributed by atoms with Crippen molar-refractivity contribution in [3.05, 3.63) is 48.2 Å². The molecule has 0 spiro atoms. The third-order valence-corrected chi connectivity index (χ3v) is 4.36. The van der Waals surface area contributed by atoms with Crippen molar-refractivity contribution in [1.29, 1.82) is 0 Å². The summed E-state index contributed by atoms with van der Waals surface area (Å²) >= 11 is 0. The van der Waals surface area contributed by atoms with Crippen LogP contribution in [0.25, 0.3) is 11.3 Å². The number of hydrogen-bond acceptors (Lipinski definition) is 4. The number of pyridine rings is 1. The van der Waals surface area contributed by atoms with E-state index >= 15 is 0 Å². The molecule has 1 aliphatic rings. The Morgan fingerprint density at radius 1 is 1.38 bits per heavy atom. The van der Waals surface area contributed by atoms with Crippen molar-refractivity contribution in [2.75, 3.05) is 26.8 Å². The molecule has 1 atom stereocenters. The molecular formula is C19H22N2O3. The summed E-state index contributed by atoms with van der Waals surface area (Å²) in [6.45, 7) is 2.22. The maximum atomic E-state index is 12.7. The Hall–Kier alpha value is -2.40. The van der Waals surface area contributed by atoms with Crippen LogP contribution in [0.2, 0.25) is 0 Å². The number of nitrogens with zero attached hydrogens (tertiary/aromatic N) is 2. The Balaban J connectivity index is 1.72. The van der Waals surface area contributed by atoms with Gasteiger partial charge in [-0.05, 0) is 43.0 Å². The van der Waals surface area contributed by atoms with Gasteiger partial charge in [0.25, 0.3) is 5.91 Å². The molecule has 1 aromatic heterocycles. The summed E-state index contributed by atoms with van der Waals surface area (Å²) < 4.78 is 5.22. The third-order valence-electron chi connectivity index (χ3n) is 4.36. The van der Waals surface area contributed by atoms with E-state index in [4.69, 9.17) is 4.74 Å². The van der Waals surface area contributed by atoms with Crippen LogP contribution in [-0.4, -0.2) is 47.7 Å². The topological polar surface area (TPSA) is 62.7 Å². The first-order valence-corrected chi connectivity index (χ1v) is 8.21. The van der Waals surface area contributed by atoms with Gasteiger partial charge < -0.3 is 14.7 Å². The van der Waals surface area contributed by atoms with Gasteiger partial charge in [0.1, 0.15) is 5.75 Å². The van der Waals surface area contributed by atoms with Crippen molar-refractivity contribution in [2.24, 2.45) is 5.92 Å². The number of piperidine rings is 1. The summed E-state index contributed by atoms with van der Waals surface area (Å²) in [4.78, 5) is 18.9. The molecule has 1 aliphatic heterocycles. The minimum Gasteiger partial charge on any atom is -0.508 e. The maximum Gasteiger partial charge on any atom is 0.255 e. The van der Waals surface area contributed by atoms with E-state index in [1.54, 1.807) is 37.6 Å². The number of benzene rings is 1. The summed E-state index contributed by atoms with van der Waals surface area (Å²) in [5.74, 6) is 0.630. The standard InChI is InChI=1S/C19H22N2O3/c1-24-13-14-4-3-9-21(12-14)19(23)16-7-8-18(20-11-16)15-5-2-6-17(22)10-15/h2,5-8,10-11,14,22H,3-4,9,12-13H2,1H3. The highest BCUT2D eigenvalue weighted by Gasteiger charge is 2.24. The lowest BCUT2D eigenvalue weighted by Gasteiger charge is -2.32. The molecule has 24 heavy (non-hydrogen) atoms. The summed E-state index contributed by atoms with van der Waals surface area (Å²) in [5, 5.41) is 9.56. The second kappa shape index (κ2) is 7.45. The molecular weight excluding hydrogens is 304 g/mol. The van der Waals surface area contributed by atoms with Crippen LogP contribution >= 0.6 is 0 Å². The number of methoxy groups -OCH3 is 1. The number of aromatic hydroxyl groups is 1. The van der Waals surface area contributed by atoms with Gasteiger partial charge in [-0.15, -0.1) is 0 Å². The zero-order chi connectivity index (χ0) is 16.9. The number of likely N-dealkylation sites (tertiary alicyclic amines) is 1. The van der Waals surface area contributed by atoms with Crippen molar-refractivity contribution in [1.82, 2.24) is 9.88 Å². The van der Waals surface area contributed by atoms with Crippen LogP contribution in [-0.2, 0) is 4.74 Å². The highest BCUT2D eigenvalue weighted by molar-refractivity contribution is 5.94. The lowest BCUT2D eigenvalue weighted by Crippen LogP contribution is -2.41. The first kappa shape index (κ1) is 16.5. The smallest absolute Gasteiger partial charge is 0.255 e. The van der Waals surface area contributed by atoms with E-state index < -0.39 is 0 Å². The molecule has 126 valence electrons. The van der Waals surface area contributed by atoms with Gasteiger partial charge in [0.2, 0.25) is 0 Å². The number of rotatable bonds is 4. The van der Waals surface area contributed by atoms with Crippen LogP contribution in [0.1, 0.15) is 23.2 Å². The monoisotopic (exact) mass is 326 g/mol. The first-order valence-electron chi connectivity index (χ1n) is 8.21. The molecule has 1 amide bonds. The number of carbonyl (C=O) groups is 1. The van der Waals surface area contributed by atoms with Gasteiger partial charge in [0, 0.05) is 32.0 Å². The normalized spacial score (nSPS) is 17.7. The average Bonchev–Trinajstić information content (AvgIpc) is 2.62. The van der Waals surface area contributed by atoms with Gasteiger partial charge in [-0.3, -0.25) is 9.78 Å². The Kier molecular flexibility index (Phi) is 5.11.